The van der Waals surface area contributed by atoms with Crippen molar-refractivity contribution in [2.24, 2.45) is 0 Å². The van der Waals surface area contributed by atoms with Gasteiger partial charge in [-0.3, -0.25) is 0 Å². The number of ether oxygens (including phenoxy) is 4. The summed E-state index contributed by atoms with van der Waals surface area (Å²) in [5, 5.41) is -0.0525. The van der Waals surface area contributed by atoms with E-state index in [0.717, 1.165) is 12.8 Å². The third-order valence-electron chi connectivity index (χ3n) is 4.66. The van der Waals surface area contributed by atoms with E-state index in [4.69, 9.17) is 25.8 Å². The maximum absolute atomic E-state index is 11.4. The molecule has 3 fully saturated rings. The number of rotatable bonds is 2. The number of hydrogen-bond acceptors (Lipinski definition) is 5. The van der Waals surface area contributed by atoms with Gasteiger partial charge in [-0.05, 0) is 25.8 Å². The second kappa shape index (κ2) is 7.40. The first-order valence-corrected chi connectivity index (χ1v) is 9.33. The SMILES string of the molecule is COC(=O)/C=C/[C@H]1C[C@H]2O[C@@H](C[C@H]2Cl)[C@@H](Br)C[C@H]2O[C@@H]2[C@H](C)O1. The summed E-state index contributed by atoms with van der Waals surface area (Å²) in [6.45, 7) is 2.00. The number of methoxy groups -OCH3 is 1. The van der Waals surface area contributed by atoms with Crippen molar-refractivity contribution < 1.29 is 23.7 Å². The molecule has 0 spiro atoms. The number of carbonyl (C=O) groups excluding carboxylic acids is 1. The molecular formula is C16H22BrClO5. The summed E-state index contributed by atoms with van der Waals surface area (Å²) in [6.07, 6.45) is 5.42. The lowest BCUT2D eigenvalue weighted by Crippen LogP contribution is -2.29. The van der Waals surface area contributed by atoms with Gasteiger partial charge in [0.15, 0.2) is 0 Å². The van der Waals surface area contributed by atoms with Gasteiger partial charge in [-0.2, -0.15) is 0 Å². The Morgan fingerprint density at radius 3 is 2.70 bits per heavy atom. The number of esters is 1. The fourth-order valence-corrected chi connectivity index (χ4v) is 4.37. The van der Waals surface area contributed by atoms with E-state index in [0.29, 0.717) is 6.42 Å². The second-order valence-electron chi connectivity index (χ2n) is 6.35. The van der Waals surface area contributed by atoms with Crippen molar-refractivity contribution in [3.63, 3.8) is 0 Å². The Morgan fingerprint density at radius 1 is 1.17 bits per heavy atom. The normalized spacial score (nSPS) is 47.0. The van der Waals surface area contributed by atoms with Crippen molar-refractivity contribution in [2.45, 2.75) is 73.0 Å². The average Bonchev–Trinajstić information content (AvgIpc) is 3.19. The zero-order valence-corrected chi connectivity index (χ0v) is 15.5. The van der Waals surface area contributed by atoms with Crippen molar-refractivity contribution in [3.8, 4) is 0 Å². The first-order valence-electron chi connectivity index (χ1n) is 7.98. The van der Waals surface area contributed by atoms with Gasteiger partial charge in [0.05, 0.1) is 43.0 Å². The zero-order valence-electron chi connectivity index (χ0n) is 13.2. The molecule has 0 N–H and O–H groups in total. The number of alkyl halides is 2. The van der Waals surface area contributed by atoms with Crippen molar-refractivity contribution in [3.05, 3.63) is 12.2 Å². The largest absolute Gasteiger partial charge is 0.466 e. The molecule has 3 aliphatic heterocycles. The van der Waals surface area contributed by atoms with Gasteiger partial charge in [0.1, 0.15) is 6.10 Å². The first kappa shape index (κ1) is 17.7. The molecule has 0 unspecified atom stereocenters. The van der Waals surface area contributed by atoms with Crippen LogP contribution in [0.1, 0.15) is 26.2 Å². The van der Waals surface area contributed by atoms with E-state index in [1.165, 1.54) is 13.2 Å². The first-order chi connectivity index (χ1) is 11.0. The van der Waals surface area contributed by atoms with Crippen LogP contribution in [0, 0.1) is 0 Å². The summed E-state index contributed by atoms with van der Waals surface area (Å²) in [5.41, 5.74) is 0. The van der Waals surface area contributed by atoms with Crippen molar-refractivity contribution in [1.29, 1.82) is 0 Å². The molecule has 0 aromatic rings. The molecule has 0 aromatic carbocycles. The van der Waals surface area contributed by atoms with Gasteiger partial charge in [-0.25, -0.2) is 4.79 Å². The lowest BCUT2D eigenvalue weighted by molar-refractivity contribution is -0.135. The molecule has 130 valence electrons. The summed E-state index contributed by atoms with van der Waals surface area (Å²) >= 11 is 10.2. The number of hydrogen-bond donors (Lipinski definition) is 0. The molecule has 7 heteroatoms. The Kier molecular flexibility index (Phi) is 5.68. The molecule has 5 nitrogen and oxygen atoms in total. The van der Waals surface area contributed by atoms with Gasteiger partial charge >= 0.3 is 5.97 Å². The third kappa shape index (κ3) is 4.28. The Bertz CT molecular complexity index is 473. The molecule has 3 heterocycles. The van der Waals surface area contributed by atoms with Crippen LogP contribution in [-0.2, 0) is 23.7 Å². The third-order valence-corrected chi connectivity index (χ3v) is 6.08. The summed E-state index contributed by atoms with van der Waals surface area (Å²) < 4.78 is 22.6. The van der Waals surface area contributed by atoms with Gasteiger partial charge in [0.25, 0.3) is 0 Å². The molecule has 3 saturated heterocycles. The van der Waals surface area contributed by atoms with E-state index in [-0.39, 0.29) is 46.8 Å². The van der Waals surface area contributed by atoms with Gasteiger partial charge in [0.2, 0.25) is 0 Å². The van der Waals surface area contributed by atoms with Crippen LogP contribution in [0.2, 0.25) is 0 Å². The van der Waals surface area contributed by atoms with E-state index in [1.807, 2.05) is 6.92 Å². The van der Waals surface area contributed by atoms with Crippen LogP contribution in [0.4, 0.5) is 0 Å². The Balaban J connectivity index is 1.74. The fraction of sp³-hybridized carbons (Fsp3) is 0.812. The molecule has 0 amide bonds. The van der Waals surface area contributed by atoms with Crippen LogP contribution in [0.5, 0.6) is 0 Å². The predicted molar refractivity (Wildman–Crippen MR) is 89.0 cm³/mol. The highest BCUT2D eigenvalue weighted by atomic mass is 79.9. The Morgan fingerprint density at radius 2 is 1.96 bits per heavy atom. The van der Waals surface area contributed by atoms with Gasteiger partial charge in [0, 0.05) is 17.3 Å². The lowest BCUT2D eigenvalue weighted by Gasteiger charge is -2.23. The molecular weight excluding hydrogens is 388 g/mol. The highest BCUT2D eigenvalue weighted by Gasteiger charge is 2.48. The minimum Gasteiger partial charge on any atom is -0.466 e. The molecule has 8 atom stereocenters. The monoisotopic (exact) mass is 408 g/mol. The number of carbonyl (C=O) groups is 1. The van der Waals surface area contributed by atoms with Gasteiger partial charge < -0.3 is 18.9 Å². The summed E-state index contributed by atoms with van der Waals surface area (Å²) in [5.74, 6) is -0.399. The van der Waals surface area contributed by atoms with Crippen molar-refractivity contribution in [1.82, 2.24) is 0 Å². The second-order valence-corrected chi connectivity index (χ2v) is 8.09. The van der Waals surface area contributed by atoms with Crippen molar-refractivity contribution >= 4 is 33.5 Å². The highest BCUT2D eigenvalue weighted by molar-refractivity contribution is 9.09. The maximum Gasteiger partial charge on any atom is 0.330 e. The van der Waals surface area contributed by atoms with Crippen molar-refractivity contribution in [2.75, 3.05) is 7.11 Å². The maximum atomic E-state index is 11.4. The predicted octanol–water partition coefficient (Wildman–Crippen LogP) is 2.58. The minimum atomic E-state index is -0.399. The van der Waals surface area contributed by atoms with E-state index in [2.05, 4.69) is 20.7 Å². The highest BCUT2D eigenvalue weighted by Crippen LogP contribution is 2.40. The summed E-state index contributed by atoms with van der Waals surface area (Å²) in [4.78, 5) is 11.6. The molecule has 0 aliphatic carbocycles. The Labute approximate surface area is 149 Å². The standard InChI is InChI=1S/C16H22BrClO5/c1-8-16-14(23-16)6-10(17)12-7-11(18)13(22-12)5-9(21-8)3-4-15(19)20-2/h3-4,8-14,16H,5-7H2,1-2H3/b4-3+/t8-,9-,10-,11+,12-,13+,14+,16+/m0/s1. The van der Waals surface area contributed by atoms with E-state index in [1.54, 1.807) is 6.08 Å². The lowest BCUT2D eigenvalue weighted by atomic mass is 10.0. The molecule has 3 aliphatic rings. The van der Waals surface area contributed by atoms with Crippen LogP contribution in [0.25, 0.3) is 0 Å². The topological polar surface area (TPSA) is 57.3 Å². The quantitative estimate of drug-likeness (QED) is 0.304. The van der Waals surface area contributed by atoms with Crippen LogP contribution in [0.15, 0.2) is 12.2 Å². The van der Waals surface area contributed by atoms with E-state index in [9.17, 15) is 4.79 Å². The van der Waals surface area contributed by atoms with Crippen LogP contribution < -0.4 is 0 Å². The zero-order chi connectivity index (χ0) is 16.6. The molecule has 2 bridgehead atoms. The molecule has 0 radical (unpaired) electrons. The van der Waals surface area contributed by atoms with E-state index < -0.39 is 5.97 Å². The number of epoxide rings is 1. The number of halogens is 2. The Hall–Kier alpha value is -0.140. The number of fused-ring (bicyclic) bond motifs is 3. The van der Waals surface area contributed by atoms with Gasteiger partial charge in [-0.1, -0.05) is 15.9 Å². The summed E-state index contributed by atoms with van der Waals surface area (Å²) in [7, 11) is 1.35. The average molecular weight is 410 g/mol. The molecule has 0 saturated carbocycles. The fourth-order valence-electron chi connectivity index (χ4n) is 3.32. The molecule has 23 heavy (non-hydrogen) atoms. The van der Waals surface area contributed by atoms with Gasteiger partial charge in [-0.15, -0.1) is 11.6 Å². The van der Waals surface area contributed by atoms with Crippen LogP contribution in [-0.4, -0.2) is 59.9 Å². The molecule has 3 rings (SSSR count). The van der Waals surface area contributed by atoms with Crippen LogP contribution in [0.3, 0.4) is 0 Å². The smallest absolute Gasteiger partial charge is 0.330 e. The minimum absolute atomic E-state index is 0.0441. The van der Waals surface area contributed by atoms with E-state index >= 15 is 0 Å². The summed E-state index contributed by atoms with van der Waals surface area (Å²) in [6, 6.07) is 0. The van der Waals surface area contributed by atoms with Crippen LogP contribution >= 0.6 is 27.5 Å². The molecule has 0 aromatic heterocycles.